The van der Waals surface area contributed by atoms with Crippen LogP contribution >= 0.6 is 0 Å². The number of aromatic nitrogens is 3. The number of aryl methyl sites for hydroxylation is 1. The van der Waals surface area contributed by atoms with Crippen LogP contribution < -0.4 is 4.74 Å². The highest BCUT2D eigenvalue weighted by Crippen LogP contribution is 2.34. The first-order valence-electron chi connectivity index (χ1n) is 9.32. The van der Waals surface area contributed by atoms with Crippen LogP contribution in [0, 0.1) is 12.7 Å². The van der Waals surface area contributed by atoms with Crippen LogP contribution in [0.3, 0.4) is 0 Å². The van der Waals surface area contributed by atoms with Crippen molar-refractivity contribution in [1.29, 1.82) is 0 Å². The molecule has 29 heavy (non-hydrogen) atoms. The van der Waals surface area contributed by atoms with Gasteiger partial charge in [-0.2, -0.15) is 5.10 Å². The topological polar surface area (TPSA) is 39.9 Å². The van der Waals surface area contributed by atoms with Gasteiger partial charge in [0.15, 0.2) is 0 Å². The van der Waals surface area contributed by atoms with Crippen molar-refractivity contribution in [3.8, 4) is 22.7 Å². The Bertz CT molecular complexity index is 1340. The van der Waals surface area contributed by atoms with Gasteiger partial charge in [0, 0.05) is 22.5 Å². The fraction of sp³-hybridized carbons (Fsp3) is 0.0833. The number of pyridine rings is 1. The minimum atomic E-state index is -0.271. The highest BCUT2D eigenvalue weighted by molar-refractivity contribution is 6.08. The van der Waals surface area contributed by atoms with Crippen molar-refractivity contribution in [1.82, 2.24) is 14.8 Å². The molecule has 2 heterocycles. The lowest BCUT2D eigenvalue weighted by molar-refractivity contribution is 0.414. The zero-order chi connectivity index (χ0) is 20.0. The molecule has 0 saturated carbocycles. The van der Waals surface area contributed by atoms with Gasteiger partial charge in [-0.15, -0.1) is 0 Å². The van der Waals surface area contributed by atoms with E-state index in [4.69, 9.17) is 9.84 Å². The molecular formula is C24H18FN3O. The fourth-order valence-corrected chi connectivity index (χ4v) is 3.63. The van der Waals surface area contributed by atoms with Gasteiger partial charge in [0.25, 0.3) is 0 Å². The average molecular weight is 383 g/mol. The minimum Gasteiger partial charge on any atom is -0.497 e. The highest BCUT2D eigenvalue weighted by Gasteiger charge is 2.17. The molecule has 0 unspecified atom stereocenters. The summed E-state index contributed by atoms with van der Waals surface area (Å²) in [6.07, 6.45) is 1.85. The first-order chi connectivity index (χ1) is 14.1. The van der Waals surface area contributed by atoms with Crippen LogP contribution in [0.15, 0.2) is 72.9 Å². The van der Waals surface area contributed by atoms with Crippen LogP contribution in [0.1, 0.15) is 5.56 Å². The van der Waals surface area contributed by atoms with Gasteiger partial charge in [0.2, 0.25) is 0 Å². The Balaban J connectivity index is 1.86. The standard InChI is InChI=1S/C24H18FN3O/c1-15-3-12-22-20(13-15)24-21(14-26-22)23(16-4-6-17(25)7-5-16)27-28(24)18-8-10-19(29-2)11-9-18/h3-14H,1-2H3. The van der Waals surface area contributed by atoms with Gasteiger partial charge in [-0.1, -0.05) is 11.6 Å². The molecular weight excluding hydrogens is 365 g/mol. The normalized spacial score (nSPS) is 11.3. The Morgan fingerprint density at radius 3 is 2.38 bits per heavy atom. The van der Waals surface area contributed by atoms with Crippen molar-refractivity contribution in [3.63, 3.8) is 0 Å². The number of halogens is 1. The van der Waals surface area contributed by atoms with Crippen molar-refractivity contribution < 1.29 is 9.13 Å². The van der Waals surface area contributed by atoms with Gasteiger partial charge in [-0.3, -0.25) is 4.98 Å². The van der Waals surface area contributed by atoms with Gasteiger partial charge in [0.1, 0.15) is 17.3 Å². The third-order valence-corrected chi connectivity index (χ3v) is 5.10. The van der Waals surface area contributed by atoms with E-state index >= 15 is 0 Å². The van der Waals surface area contributed by atoms with Gasteiger partial charge in [-0.05, 0) is 67.6 Å². The second-order valence-corrected chi connectivity index (χ2v) is 7.01. The maximum absolute atomic E-state index is 13.5. The van der Waals surface area contributed by atoms with E-state index in [1.54, 1.807) is 19.2 Å². The zero-order valence-corrected chi connectivity index (χ0v) is 16.1. The second-order valence-electron chi connectivity index (χ2n) is 7.01. The summed E-state index contributed by atoms with van der Waals surface area (Å²) in [5.41, 5.74) is 5.56. The molecule has 0 radical (unpaired) electrons. The monoisotopic (exact) mass is 383 g/mol. The summed E-state index contributed by atoms with van der Waals surface area (Å²) in [6, 6.07) is 20.4. The van der Waals surface area contributed by atoms with E-state index in [-0.39, 0.29) is 5.82 Å². The third kappa shape index (κ3) is 2.91. The molecule has 5 heteroatoms. The maximum Gasteiger partial charge on any atom is 0.123 e. The summed E-state index contributed by atoms with van der Waals surface area (Å²) in [4.78, 5) is 4.64. The minimum absolute atomic E-state index is 0.271. The van der Waals surface area contributed by atoms with E-state index in [9.17, 15) is 4.39 Å². The van der Waals surface area contributed by atoms with Gasteiger partial charge in [-0.25, -0.2) is 9.07 Å². The van der Waals surface area contributed by atoms with Crippen LogP contribution in [-0.2, 0) is 0 Å². The smallest absolute Gasteiger partial charge is 0.123 e. The number of ether oxygens (including phenoxy) is 1. The van der Waals surface area contributed by atoms with E-state index in [1.807, 2.05) is 41.2 Å². The molecule has 5 rings (SSSR count). The average Bonchev–Trinajstić information content (AvgIpc) is 3.14. The quantitative estimate of drug-likeness (QED) is 0.401. The molecule has 5 aromatic rings. The number of methoxy groups -OCH3 is 1. The predicted molar refractivity (Wildman–Crippen MR) is 113 cm³/mol. The van der Waals surface area contributed by atoms with Gasteiger partial charge in [0.05, 0.1) is 23.8 Å². The Morgan fingerprint density at radius 1 is 0.897 bits per heavy atom. The molecule has 0 atom stereocenters. The number of hydrogen-bond donors (Lipinski definition) is 0. The van der Waals surface area contributed by atoms with Crippen molar-refractivity contribution in [2.75, 3.05) is 7.11 Å². The first-order valence-corrected chi connectivity index (χ1v) is 9.32. The molecule has 0 aliphatic rings. The molecule has 0 spiro atoms. The first kappa shape index (κ1) is 17.4. The number of rotatable bonds is 3. The maximum atomic E-state index is 13.5. The van der Waals surface area contributed by atoms with E-state index in [0.29, 0.717) is 0 Å². The van der Waals surface area contributed by atoms with Crippen LogP contribution in [0.2, 0.25) is 0 Å². The number of nitrogens with zero attached hydrogens (tertiary/aromatic N) is 3. The summed E-state index contributed by atoms with van der Waals surface area (Å²) >= 11 is 0. The van der Waals surface area contributed by atoms with E-state index in [0.717, 1.165) is 50.1 Å². The number of hydrogen-bond acceptors (Lipinski definition) is 3. The SMILES string of the molecule is COc1ccc(-n2nc(-c3ccc(F)cc3)c3cnc4ccc(C)cc4c32)cc1. The largest absolute Gasteiger partial charge is 0.497 e. The van der Waals surface area contributed by atoms with Gasteiger partial charge < -0.3 is 4.74 Å². The Hall–Kier alpha value is -3.73. The van der Waals surface area contributed by atoms with E-state index in [1.165, 1.54) is 12.1 Å². The zero-order valence-electron chi connectivity index (χ0n) is 16.1. The molecule has 0 fully saturated rings. The van der Waals surface area contributed by atoms with Crippen molar-refractivity contribution in [3.05, 3.63) is 84.3 Å². The van der Waals surface area contributed by atoms with Crippen LogP contribution in [0.5, 0.6) is 5.75 Å². The van der Waals surface area contributed by atoms with Crippen molar-refractivity contribution in [2.24, 2.45) is 0 Å². The summed E-state index contributed by atoms with van der Waals surface area (Å²) in [7, 11) is 1.65. The summed E-state index contributed by atoms with van der Waals surface area (Å²) in [6.45, 7) is 2.06. The number of benzene rings is 3. The molecule has 2 aromatic heterocycles. The number of fused-ring (bicyclic) bond motifs is 3. The highest BCUT2D eigenvalue weighted by atomic mass is 19.1. The van der Waals surface area contributed by atoms with Gasteiger partial charge >= 0.3 is 0 Å². The molecule has 0 saturated heterocycles. The van der Waals surface area contributed by atoms with Crippen LogP contribution in [-0.4, -0.2) is 21.9 Å². The molecule has 0 aliphatic carbocycles. The summed E-state index contributed by atoms with van der Waals surface area (Å²) in [5, 5.41) is 6.86. The van der Waals surface area contributed by atoms with E-state index in [2.05, 4.69) is 24.0 Å². The molecule has 4 nitrogen and oxygen atoms in total. The second kappa shape index (κ2) is 6.71. The molecule has 3 aromatic carbocycles. The Labute approximate surface area is 167 Å². The Kier molecular flexibility index (Phi) is 4.02. The van der Waals surface area contributed by atoms with Crippen LogP contribution in [0.4, 0.5) is 4.39 Å². The lowest BCUT2D eigenvalue weighted by Crippen LogP contribution is -1.97. The van der Waals surface area contributed by atoms with Crippen molar-refractivity contribution in [2.45, 2.75) is 6.92 Å². The lowest BCUT2D eigenvalue weighted by atomic mass is 10.1. The molecule has 142 valence electrons. The molecule has 0 amide bonds. The van der Waals surface area contributed by atoms with E-state index < -0.39 is 0 Å². The Morgan fingerprint density at radius 2 is 1.66 bits per heavy atom. The predicted octanol–water partition coefficient (Wildman–Crippen LogP) is 5.70. The third-order valence-electron chi connectivity index (χ3n) is 5.10. The summed E-state index contributed by atoms with van der Waals surface area (Å²) < 4.78 is 20.7. The molecule has 0 bridgehead atoms. The fourth-order valence-electron chi connectivity index (χ4n) is 3.63. The van der Waals surface area contributed by atoms with Crippen LogP contribution in [0.25, 0.3) is 38.8 Å². The summed E-state index contributed by atoms with van der Waals surface area (Å²) in [5.74, 6) is 0.512. The molecule has 0 aliphatic heterocycles. The molecule has 0 N–H and O–H groups in total. The van der Waals surface area contributed by atoms with Crippen molar-refractivity contribution >= 4 is 21.8 Å². The lowest BCUT2D eigenvalue weighted by Gasteiger charge is -2.07.